The minimum atomic E-state index is -0.828. The Morgan fingerprint density at radius 1 is 1.33 bits per heavy atom. The highest BCUT2D eigenvalue weighted by molar-refractivity contribution is 9.11. The molecular formula is C15H21Br2NO3. The monoisotopic (exact) mass is 421 g/mol. The number of carbonyl (C=O) groups is 1. The molecule has 0 amide bonds. The third-order valence-corrected chi connectivity index (χ3v) is 4.15. The number of ether oxygens (including phenoxy) is 1. The molecular weight excluding hydrogens is 402 g/mol. The van der Waals surface area contributed by atoms with E-state index in [2.05, 4.69) is 44.1 Å². The van der Waals surface area contributed by atoms with Gasteiger partial charge in [-0.3, -0.25) is 4.79 Å². The largest absolute Gasteiger partial charge is 0.491 e. The van der Waals surface area contributed by atoms with Crippen LogP contribution in [0, 0.1) is 5.92 Å². The van der Waals surface area contributed by atoms with Gasteiger partial charge in [0.25, 0.3) is 0 Å². The van der Waals surface area contributed by atoms with E-state index in [0.717, 1.165) is 26.7 Å². The number of hydrogen-bond donors (Lipinski definition) is 2. The lowest BCUT2D eigenvalue weighted by atomic mass is 10.0. The summed E-state index contributed by atoms with van der Waals surface area (Å²) in [5.41, 5.74) is 0.990. The Labute approximate surface area is 142 Å². The van der Waals surface area contributed by atoms with Gasteiger partial charge >= 0.3 is 5.97 Å². The van der Waals surface area contributed by atoms with Gasteiger partial charge in [-0.15, -0.1) is 0 Å². The zero-order valence-corrected chi connectivity index (χ0v) is 15.6. The Bertz CT molecular complexity index is 469. The van der Waals surface area contributed by atoms with Crippen LogP contribution in [0.5, 0.6) is 5.75 Å². The fraction of sp³-hybridized carbons (Fsp3) is 0.533. The lowest BCUT2D eigenvalue weighted by Crippen LogP contribution is -2.40. The fourth-order valence-corrected chi connectivity index (χ4v) is 3.40. The molecule has 2 N–H and O–H groups in total. The quantitative estimate of drug-likeness (QED) is 0.659. The van der Waals surface area contributed by atoms with Crippen molar-refractivity contribution in [2.75, 3.05) is 6.61 Å². The SMILES string of the molecule is CCCOc1c(Br)cc(CNC(C(=O)O)C(C)C)cc1Br. The van der Waals surface area contributed by atoms with Gasteiger partial charge in [-0.25, -0.2) is 0 Å². The maximum atomic E-state index is 11.2. The van der Waals surface area contributed by atoms with Crippen LogP contribution in [0.3, 0.4) is 0 Å². The number of rotatable bonds is 8. The maximum absolute atomic E-state index is 11.2. The molecule has 0 spiro atoms. The molecule has 1 rings (SSSR count). The van der Waals surface area contributed by atoms with Gasteiger partial charge in [0.15, 0.2) is 0 Å². The molecule has 1 unspecified atom stereocenters. The summed E-state index contributed by atoms with van der Waals surface area (Å²) in [5.74, 6) is -0.0215. The van der Waals surface area contributed by atoms with Gasteiger partial charge < -0.3 is 15.2 Å². The van der Waals surface area contributed by atoms with E-state index in [1.54, 1.807) is 0 Å². The standard InChI is InChI=1S/C15H21Br2NO3/c1-4-5-21-14-11(16)6-10(7-12(14)17)8-18-13(9(2)3)15(19)20/h6-7,9,13,18H,4-5,8H2,1-3H3,(H,19,20). The maximum Gasteiger partial charge on any atom is 0.320 e. The first-order valence-corrected chi connectivity index (χ1v) is 8.52. The van der Waals surface area contributed by atoms with E-state index in [0.29, 0.717) is 13.2 Å². The van der Waals surface area contributed by atoms with Gasteiger partial charge in [-0.2, -0.15) is 0 Å². The summed E-state index contributed by atoms with van der Waals surface area (Å²) >= 11 is 6.99. The fourth-order valence-electron chi connectivity index (χ4n) is 1.89. The second-order valence-electron chi connectivity index (χ2n) is 5.18. The van der Waals surface area contributed by atoms with E-state index >= 15 is 0 Å². The first-order chi connectivity index (χ1) is 9.86. The molecule has 0 radical (unpaired) electrons. The van der Waals surface area contributed by atoms with Crippen molar-refractivity contribution in [1.29, 1.82) is 0 Å². The van der Waals surface area contributed by atoms with Gasteiger partial charge in [-0.05, 0) is 61.9 Å². The van der Waals surface area contributed by atoms with E-state index < -0.39 is 12.0 Å². The van der Waals surface area contributed by atoms with Crippen molar-refractivity contribution in [2.24, 2.45) is 5.92 Å². The Morgan fingerprint density at radius 2 is 1.90 bits per heavy atom. The average Bonchev–Trinajstić information content (AvgIpc) is 2.37. The number of carboxylic acids is 1. The molecule has 0 aliphatic carbocycles. The Kier molecular flexibility index (Phi) is 7.70. The van der Waals surface area contributed by atoms with Crippen molar-refractivity contribution in [3.8, 4) is 5.75 Å². The molecule has 1 aromatic carbocycles. The highest BCUT2D eigenvalue weighted by Gasteiger charge is 2.20. The lowest BCUT2D eigenvalue weighted by molar-refractivity contribution is -0.140. The Morgan fingerprint density at radius 3 is 2.33 bits per heavy atom. The van der Waals surface area contributed by atoms with Crippen molar-refractivity contribution in [3.63, 3.8) is 0 Å². The van der Waals surface area contributed by atoms with Gasteiger partial charge in [0.05, 0.1) is 15.6 Å². The molecule has 0 saturated heterocycles. The first kappa shape index (κ1) is 18.5. The van der Waals surface area contributed by atoms with E-state index in [4.69, 9.17) is 4.74 Å². The van der Waals surface area contributed by atoms with Gasteiger partial charge in [-0.1, -0.05) is 20.8 Å². The minimum absolute atomic E-state index is 0.0292. The Balaban J connectivity index is 2.79. The molecule has 0 saturated carbocycles. The molecule has 1 atom stereocenters. The van der Waals surface area contributed by atoms with E-state index in [1.807, 2.05) is 26.0 Å². The third kappa shape index (κ3) is 5.60. The molecule has 6 heteroatoms. The van der Waals surface area contributed by atoms with E-state index in [1.165, 1.54) is 0 Å². The second-order valence-corrected chi connectivity index (χ2v) is 6.89. The minimum Gasteiger partial charge on any atom is -0.491 e. The number of hydrogen-bond acceptors (Lipinski definition) is 3. The normalized spacial score (nSPS) is 12.5. The van der Waals surface area contributed by atoms with Crippen molar-refractivity contribution < 1.29 is 14.6 Å². The molecule has 118 valence electrons. The van der Waals surface area contributed by atoms with Crippen molar-refractivity contribution >= 4 is 37.8 Å². The zero-order valence-electron chi connectivity index (χ0n) is 12.5. The van der Waals surface area contributed by atoms with Crippen molar-refractivity contribution in [1.82, 2.24) is 5.32 Å². The van der Waals surface area contributed by atoms with Crippen LogP contribution >= 0.6 is 31.9 Å². The number of halogens is 2. The summed E-state index contributed by atoms with van der Waals surface area (Å²) in [6, 6.07) is 3.34. The van der Waals surface area contributed by atoms with Crippen LogP contribution < -0.4 is 10.1 Å². The van der Waals surface area contributed by atoms with Crippen LogP contribution in [0.1, 0.15) is 32.8 Å². The lowest BCUT2D eigenvalue weighted by Gasteiger charge is -2.18. The molecule has 0 bridgehead atoms. The number of aliphatic carboxylic acids is 1. The van der Waals surface area contributed by atoms with Crippen molar-refractivity contribution in [2.45, 2.75) is 39.8 Å². The van der Waals surface area contributed by atoms with Crippen LogP contribution in [-0.2, 0) is 11.3 Å². The van der Waals surface area contributed by atoms with Crippen molar-refractivity contribution in [3.05, 3.63) is 26.6 Å². The smallest absolute Gasteiger partial charge is 0.320 e. The van der Waals surface area contributed by atoms with Crippen LogP contribution in [0.4, 0.5) is 0 Å². The number of benzene rings is 1. The number of carboxylic acid groups (broad SMARTS) is 1. The third-order valence-electron chi connectivity index (χ3n) is 2.97. The zero-order chi connectivity index (χ0) is 16.0. The predicted molar refractivity (Wildman–Crippen MR) is 90.7 cm³/mol. The van der Waals surface area contributed by atoms with E-state index in [9.17, 15) is 9.90 Å². The molecule has 1 aromatic rings. The molecule has 4 nitrogen and oxygen atoms in total. The summed E-state index contributed by atoms with van der Waals surface area (Å²) in [4.78, 5) is 11.2. The topological polar surface area (TPSA) is 58.6 Å². The molecule has 0 aliphatic rings. The second kappa shape index (κ2) is 8.76. The van der Waals surface area contributed by atoms with Crippen LogP contribution in [0.15, 0.2) is 21.1 Å². The molecule has 0 aromatic heterocycles. The first-order valence-electron chi connectivity index (χ1n) is 6.93. The summed E-state index contributed by atoms with van der Waals surface area (Å²) in [6.07, 6.45) is 0.941. The van der Waals surface area contributed by atoms with Crippen LogP contribution in [0.2, 0.25) is 0 Å². The highest BCUT2D eigenvalue weighted by Crippen LogP contribution is 2.34. The van der Waals surface area contributed by atoms with Crippen LogP contribution in [0.25, 0.3) is 0 Å². The van der Waals surface area contributed by atoms with Gasteiger partial charge in [0.2, 0.25) is 0 Å². The number of nitrogens with one attached hydrogen (secondary N) is 1. The molecule has 0 fully saturated rings. The molecule has 0 heterocycles. The Hall–Kier alpha value is -0.590. The van der Waals surface area contributed by atoms with E-state index in [-0.39, 0.29) is 5.92 Å². The highest BCUT2D eigenvalue weighted by atomic mass is 79.9. The average molecular weight is 423 g/mol. The summed E-state index contributed by atoms with van der Waals surface area (Å²) in [7, 11) is 0. The predicted octanol–water partition coefficient (Wildman–Crippen LogP) is 4.20. The summed E-state index contributed by atoms with van der Waals surface area (Å²) < 4.78 is 7.39. The van der Waals surface area contributed by atoms with Crippen LogP contribution in [-0.4, -0.2) is 23.7 Å². The summed E-state index contributed by atoms with van der Waals surface area (Å²) in [5, 5.41) is 12.2. The molecule has 21 heavy (non-hydrogen) atoms. The van der Waals surface area contributed by atoms with Gasteiger partial charge in [0, 0.05) is 6.54 Å². The van der Waals surface area contributed by atoms with Gasteiger partial charge in [0.1, 0.15) is 11.8 Å². The molecule has 0 aliphatic heterocycles. The summed E-state index contributed by atoms with van der Waals surface area (Å²) in [6.45, 7) is 6.97.